The molecule has 42 heavy (non-hydrogen) atoms. The summed E-state index contributed by atoms with van der Waals surface area (Å²) in [6.45, 7) is 6.73. The van der Waals surface area contributed by atoms with Gasteiger partial charge in [0, 0.05) is 37.0 Å². The fourth-order valence-corrected chi connectivity index (χ4v) is 4.74. The summed E-state index contributed by atoms with van der Waals surface area (Å²) in [5.74, 6) is -0.675. The lowest BCUT2D eigenvalue weighted by atomic mass is 10.1. The van der Waals surface area contributed by atoms with E-state index in [1.54, 1.807) is 16.8 Å². The molecule has 0 bridgehead atoms. The molecule has 220 valence electrons. The predicted octanol–water partition coefficient (Wildman–Crippen LogP) is 4.27. The number of benzene rings is 2. The van der Waals surface area contributed by atoms with Gasteiger partial charge in [-0.15, -0.1) is 0 Å². The number of carbonyl (C=O) groups is 1. The number of rotatable bonds is 10. The molecule has 0 radical (unpaired) electrons. The van der Waals surface area contributed by atoms with Crippen LogP contribution in [0, 0.1) is 18.6 Å². The Bertz CT molecular complexity index is 1560. The molecule has 1 aliphatic heterocycles. The van der Waals surface area contributed by atoms with E-state index < -0.39 is 11.7 Å². The molecule has 1 aliphatic rings. The highest BCUT2D eigenvalue weighted by molar-refractivity contribution is 7.80. The van der Waals surface area contributed by atoms with E-state index >= 15 is 4.39 Å². The molecule has 1 saturated heterocycles. The summed E-state index contributed by atoms with van der Waals surface area (Å²) in [6.07, 6.45) is 3.96. The summed E-state index contributed by atoms with van der Waals surface area (Å²) < 4.78 is 46.9. The van der Waals surface area contributed by atoms with Crippen molar-refractivity contribution in [1.29, 1.82) is 0 Å². The van der Waals surface area contributed by atoms with Crippen molar-refractivity contribution in [2.24, 2.45) is 0 Å². The number of aromatic nitrogens is 3. The van der Waals surface area contributed by atoms with Crippen LogP contribution in [-0.2, 0) is 16.0 Å². The van der Waals surface area contributed by atoms with Crippen LogP contribution in [0.4, 0.5) is 14.5 Å². The van der Waals surface area contributed by atoms with Crippen molar-refractivity contribution >= 4 is 34.4 Å². The van der Waals surface area contributed by atoms with Crippen LogP contribution in [0.25, 0.3) is 5.52 Å². The number of aryl methyl sites for hydroxylation is 1. The minimum absolute atomic E-state index is 0.00558. The lowest BCUT2D eigenvalue weighted by Crippen LogP contribution is -2.37. The highest BCUT2D eigenvalue weighted by atomic mass is 32.1. The minimum Gasteiger partial charge on any atom is -0.492 e. The van der Waals surface area contributed by atoms with E-state index in [2.05, 4.69) is 25.6 Å². The molecule has 2 aromatic heterocycles. The largest absolute Gasteiger partial charge is 0.492 e. The number of halogens is 2. The standard InChI is InChI=1S/C29H30F2N6O4S/c1-19-25(40-12-2-9-36-10-13-39-14-11-36)17-37-27(19)28(32-18-33-37)41-24-8-7-22(16-23(24)31)34-29(42)35-26(38)15-20-3-5-21(30)6-4-20/h3-8,16-18H,2,9-15H2,1H3,(H2,34,35,38,42). The van der Waals surface area contributed by atoms with E-state index in [9.17, 15) is 9.18 Å². The number of carbonyl (C=O) groups excluding carboxylic acids is 1. The summed E-state index contributed by atoms with van der Waals surface area (Å²) in [6, 6.07) is 9.77. The van der Waals surface area contributed by atoms with E-state index in [1.165, 1.54) is 42.7 Å². The van der Waals surface area contributed by atoms with Gasteiger partial charge in [-0.3, -0.25) is 9.69 Å². The van der Waals surface area contributed by atoms with Gasteiger partial charge in [0.2, 0.25) is 11.8 Å². The molecule has 1 fully saturated rings. The monoisotopic (exact) mass is 596 g/mol. The molecule has 2 aromatic carbocycles. The second-order valence-electron chi connectivity index (χ2n) is 9.69. The molecule has 3 heterocycles. The zero-order chi connectivity index (χ0) is 29.5. The van der Waals surface area contributed by atoms with Gasteiger partial charge >= 0.3 is 0 Å². The molecule has 1 amide bonds. The maximum absolute atomic E-state index is 15.0. The molecule has 4 aromatic rings. The first kappa shape index (κ1) is 29.3. The highest BCUT2D eigenvalue weighted by Gasteiger charge is 2.18. The van der Waals surface area contributed by atoms with Crippen LogP contribution in [0.2, 0.25) is 0 Å². The van der Waals surface area contributed by atoms with E-state index in [-0.39, 0.29) is 29.0 Å². The molecule has 2 N–H and O–H groups in total. The number of thiocarbonyl (C=S) groups is 1. The summed E-state index contributed by atoms with van der Waals surface area (Å²) in [5, 5.41) is 9.54. The third kappa shape index (κ3) is 7.55. The second-order valence-corrected chi connectivity index (χ2v) is 10.1. The van der Waals surface area contributed by atoms with Crippen molar-refractivity contribution in [3.63, 3.8) is 0 Å². The number of nitrogens with one attached hydrogen (secondary N) is 2. The third-order valence-corrected chi connectivity index (χ3v) is 6.86. The van der Waals surface area contributed by atoms with Gasteiger partial charge in [0.25, 0.3) is 0 Å². The van der Waals surface area contributed by atoms with E-state index in [1.807, 2.05) is 6.92 Å². The van der Waals surface area contributed by atoms with Crippen molar-refractivity contribution in [1.82, 2.24) is 24.8 Å². The van der Waals surface area contributed by atoms with Crippen LogP contribution in [0.3, 0.4) is 0 Å². The zero-order valence-electron chi connectivity index (χ0n) is 22.9. The van der Waals surface area contributed by atoms with E-state index in [0.717, 1.165) is 44.8 Å². The van der Waals surface area contributed by atoms with Crippen molar-refractivity contribution in [3.8, 4) is 17.4 Å². The van der Waals surface area contributed by atoms with Gasteiger partial charge < -0.3 is 24.8 Å². The number of amides is 1. The average Bonchev–Trinajstić information content (AvgIpc) is 3.30. The van der Waals surface area contributed by atoms with Crippen molar-refractivity contribution < 1.29 is 27.8 Å². The molecular weight excluding hydrogens is 566 g/mol. The van der Waals surface area contributed by atoms with Crippen LogP contribution >= 0.6 is 12.2 Å². The molecular formula is C29H30F2N6O4S. The molecule has 0 spiro atoms. The van der Waals surface area contributed by atoms with Gasteiger partial charge in [-0.1, -0.05) is 12.1 Å². The fourth-order valence-electron chi connectivity index (χ4n) is 4.51. The molecule has 0 aliphatic carbocycles. The van der Waals surface area contributed by atoms with Gasteiger partial charge in [-0.05, 0) is 55.4 Å². The lowest BCUT2D eigenvalue weighted by molar-refractivity contribution is -0.119. The highest BCUT2D eigenvalue weighted by Crippen LogP contribution is 2.33. The Hall–Kier alpha value is -4.20. The van der Waals surface area contributed by atoms with Crippen LogP contribution in [-0.4, -0.2) is 70.0 Å². The maximum Gasteiger partial charge on any atom is 0.247 e. The first-order chi connectivity index (χ1) is 20.4. The normalized spacial score (nSPS) is 13.6. The summed E-state index contributed by atoms with van der Waals surface area (Å²) in [5.41, 5.74) is 2.28. The van der Waals surface area contributed by atoms with Crippen molar-refractivity contribution in [2.75, 3.05) is 44.8 Å². The van der Waals surface area contributed by atoms with Crippen molar-refractivity contribution in [3.05, 3.63) is 77.8 Å². The number of anilines is 1. The second kappa shape index (κ2) is 13.6. The van der Waals surface area contributed by atoms with Crippen LogP contribution in [0.1, 0.15) is 17.5 Å². The summed E-state index contributed by atoms with van der Waals surface area (Å²) in [7, 11) is 0. The van der Waals surface area contributed by atoms with Crippen LogP contribution < -0.4 is 20.1 Å². The molecule has 0 saturated carbocycles. The van der Waals surface area contributed by atoms with Gasteiger partial charge in [0.05, 0.1) is 32.4 Å². The Morgan fingerprint density at radius 2 is 1.90 bits per heavy atom. The molecule has 0 atom stereocenters. The molecule has 5 rings (SSSR count). The first-order valence-corrected chi connectivity index (χ1v) is 13.8. The lowest BCUT2D eigenvalue weighted by Gasteiger charge is -2.26. The summed E-state index contributed by atoms with van der Waals surface area (Å²) in [4.78, 5) is 18.8. The Balaban J connectivity index is 1.18. The van der Waals surface area contributed by atoms with Gasteiger partial charge in [0.15, 0.2) is 16.7 Å². The Morgan fingerprint density at radius 3 is 2.67 bits per heavy atom. The minimum atomic E-state index is -0.666. The Kier molecular flexibility index (Phi) is 9.52. The Labute approximate surface area is 246 Å². The van der Waals surface area contributed by atoms with E-state index in [0.29, 0.717) is 29.1 Å². The molecule has 0 unspecified atom stereocenters. The number of morpholine rings is 1. The number of hydrogen-bond donors (Lipinski definition) is 2. The van der Waals surface area contributed by atoms with Crippen LogP contribution in [0.15, 0.2) is 55.0 Å². The van der Waals surface area contributed by atoms with Crippen LogP contribution in [0.5, 0.6) is 17.4 Å². The number of nitrogens with zero attached hydrogens (tertiary/aromatic N) is 4. The SMILES string of the molecule is Cc1c(OCCCN2CCOCC2)cn2ncnc(Oc3ccc(NC(=S)NC(=O)Cc4ccc(F)cc4)cc3F)c12. The topological polar surface area (TPSA) is 102 Å². The Morgan fingerprint density at radius 1 is 1.12 bits per heavy atom. The molecule has 13 heteroatoms. The van der Waals surface area contributed by atoms with Crippen molar-refractivity contribution in [2.45, 2.75) is 19.8 Å². The molecule has 10 nitrogen and oxygen atoms in total. The third-order valence-electron chi connectivity index (χ3n) is 6.65. The summed E-state index contributed by atoms with van der Waals surface area (Å²) >= 11 is 5.18. The van der Waals surface area contributed by atoms with E-state index in [4.69, 9.17) is 26.4 Å². The average molecular weight is 597 g/mol. The first-order valence-electron chi connectivity index (χ1n) is 13.4. The number of hydrogen-bond acceptors (Lipinski definition) is 8. The fraction of sp³-hybridized carbons (Fsp3) is 0.310. The maximum atomic E-state index is 15.0. The van der Waals surface area contributed by atoms with Gasteiger partial charge in [-0.2, -0.15) is 10.1 Å². The quantitative estimate of drug-likeness (QED) is 0.205. The predicted molar refractivity (Wildman–Crippen MR) is 156 cm³/mol. The zero-order valence-corrected chi connectivity index (χ0v) is 23.8. The number of ether oxygens (including phenoxy) is 3. The van der Waals surface area contributed by atoms with Gasteiger partial charge in [-0.25, -0.2) is 13.3 Å². The van der Waals surface area contributed by atoms with Gasteiger partial charge in [0.1, 0.15) is 23.4 Å². The number of fused-ring (bicyclic) bond motifs is 1. The smallest absolute Gasteiger partial charge is 0.247 e.